The number of aliphatic hydroxyl groups is 2. The monoisotopic (exact) mass is 518 g/mol. The van der Waals surface area contributed by atoms with Crippen LogP contribution in [0.4, 0.5) is 4.79 Å². The number of hydrogen-bond acceptors (Lipinski definition) is 10. The molecule has 0 aliphatic carbocycles. The van der Waals surface area contributed by atoms with Crippen LogP contribution in [0.2, 0.25) is 0 Å². The Balaban J connectivity index is 3.08. The molecule has 0 radical (unpaired) electrons. The molecule has 0 bridgehead atoms. The molecule has 16 nitrogen and oxygen atoms in total. The highest BCUT2D eigenvalue weighted by Crippen LogP contribution is 1.99. The lowest BCUT2D eigenvalue weighted by Gasteiger charge is -2.27. The van der Waals surface area contributed by atoms with E-state index in [1.165, 1.54) is 13.8 Å². The molecule has 36 heavy (non-hydrogen) atoms. The number of ketones is 1. The molecular formula is C20H34N6O10. The smallest absolute Gasteiger partial charge is 0.316 e. The first kappa shape index (κ1) is 30.7. The second-order valence-corrected chi connectivity index (χ2v) is 7.93. The molecule has 0 spiro atoms. The van der Waals surface area contributed by atoms with Crippen LogP contribution in [0.25, 0.3) is 0 Å². The van der Waals surface area contributed by atoms with Gasteiger partial charge in [-0.15, -0.1) is 0 Å². The molecule has 7 N–H and O–H groups in total. The number of rotatable bonds is 4. The summed E-state index contributed by atoms with van der Waals surface area (Å²) in [5.41, 5.74) is 2.17. The summed E-state index contributed by atoms with van der Waals surface area (Å²) in [4.78, 5) is 73.8. The molecule has 1 fully saturated rings. The predicted octanol–water partition coefficient (Wildman–Crippen LogP) is -4.49. The molecule has 0 saturated carbocycles. The van der Waals surface area contributed by atoms with Crippen molar-refractivity contribution in [2.75, 3.05) is 46.6 Å². The zero-order valence-corrected chi connectivity index (χ0v) is 20.4. The lowest BCUT2D eigenvalue weighted by Crippen LogP contribution is -2.60. The third kappa shape index (κ3) is 10.9. The number of Topliss-reactive ketones (excluding diaryl/α,β-unsaturated/α-hetero) is 1. The fourth-order valence-electron chi connectivity index (χ4n) is 2.94. The van der Waals surface area contributed by atoms with Gasteiger partial charge >= 0.3 is 6.03 Å². The van der Waals surface area contributed by atoms with Gasteiger partial charge in [0.2, 0.25) is 11.8 Å². The number of nitrogens with zero attached hydrogens (tertiary/aromatic N) is 1. The Morgan fingerprint density at radius 3 is 2.31 bits per heavy atom. The van der Waals surface area contributed by atoms with E-state index in [-0.39, 0.29) is 26.4 Å². The van der Waals surface area contributed by atoms with Gasteiger partial charge in [0.05, 0.1) is 32.5 Å². The summed E-state index contributed by atoms with van der Waals surface area (Å²) >= 11 is 0. The van der Waals surface area contributed by atoms with Crippen LogP contribution < -0.4 is 26.7 Å². The van der Waals surface area contributed by atoms with Gasteiger partial charge in [0, 0.05) is 20.0 Å². The highest BCUT2D eigenvalue weighted by atomic mass is 16.5. The van der Waals surface area contributed by atoms with Crippen molar-refractivity contribution in [2.24, 2.45) is 0 Å². The average molecular weight is 519 g/mol. The molecule has 0 aromatic heterocycles. The van der Waals surface area contributed by atoms with Gasteiger partial charge in [-0.05, 0) is 13.8 Å². The van der Waals surface area contributed by atoms with Crippen molar-refractivity contribution in [3.8, 4) is 0 Å². The summed E-state index contributed by atoms with van der Waals surface area (Å²) in [6.45, 7) is 1.43. The van der Waals surface area contributed by atoms with E-state index >= 15 is 0 Å². The quantitative estimate of drug-likeness (QED) is 0.189. The van der Waals surface area contributed by atoms with E-state index in [9.17, 15) is 39.0 Å². The van der Waals surface area contributed by atoms with E-state index in [4.69, 9.17) is 9.47 Å². The van der Waals surface area contributed by atoms with E-state index in [1.54, 1.807) is 0 Å². The number of urea groups is 1. The van der Waals surface area contributed by atoms with Gasteiger partial charge in [-0.3, -0.25) is 34.4 Å². The summed E-state index contributed by atoms with van der Waals surface area (Å²) in [5, 5.41) is 29.3. The Kier molecular flexibility index (Phi) is 13.3. The summed E-state index contributed by atoms with van der Waals surface area (Å²) in [7, 11) is 1.14. The van der Waals surface area contributed by atoms with Crippen molar-refractivity contribution in [1.29, 1.82) is 0 Å². The van der Waals surface area contributed by atoms with Crippen LogP contribution in [0.3, 0.4) is 0 Å². The number of likely N-dealkylation sites (N-methyl/N-ethyl adjacent to an activating group) is 1. The van der Waals surface area contributed by atoms with Gasteiger partial charge in [0.25, 0.3) is 11.8 Å². The zero-order valence-electron chi connectivity index (χ0n) is 20.4. The maximum atomic E-state index is 12.7. The molecule has 6 amide bonds. The van der Waals surface area contributed by atoms with Gasteiger partial charge < -0.3 is 41.0 Å². The van der Waals surface area contributed by atoms with E-state index in [0.717, 1.165) is 7.05 Å². The van der Waals surface area contributed by atoms with E-state index in [0.29, 0.717) is 5.01 Å². The standard InChI is InChI=1S/C20H34N6O10/c1-11(28)8-13-17(31)25-26(3)19(33)14(9-27)22-15(30)10-36-7-6-35-5-4-21-18(32)16(12(2)29)24-20(34)23-13/h12-14,16,27,29H,4-10H2,1-3H3,(H,21,32)(H,22,30)(H,25,31)(H2,23,24,34)/t12?,13-,14-,16-/m0/s1. The van der Waals surface area contributed by atoms with Crippen molar-refractivity contribution >= 4 is 35.4 Å². The predicted molar refractivity (Wildman–Crippen MR) is 121 cm³/mol. The van der Waals surface area contributed by atoms with Crippen LogP contribution >= 0.6 is 0 Å². The number of ether oxygens (including phenoxy) is 2. The van der Waals surface area contributed by atoms with Crippen LogP contribution in [-0.4, -0.2) is 122 Å². The van der Waals surface area contributed by atoms with Gasteiger partial charge in [0.1, 0.15) is 30.5 Å². The molecular weight excluding hydrogens is 484 g/mol. The maximum Gasteiger partial charge on any atom is 0.316 e. The lowest BCUT2D eigenvalue weighted by atomic mass is 10.1. The summed E-state index contributed by atoms with van der Waals surface area (Å²) < 4.78 is 10.4. The Hall–Kier alpha value is -3.34. The third-order valence-electron chi connectivity index (χ3n) is 4.74. The molecule has 0 aromatic carbocycles. The molecule has 4 atom stereocenters. The first-order valence-electron chi connectivity index (χ1n) is 11.1. The highest BCUT2D eigenvalue weighted by Gasteiger charge is 2.30. The zero-order chi connectivity index (χ0) is 27.3. The summed E-state index contributed by atoms with van der Waals surface area (Å²) in [6, 6.07) is -5.31. The van der Waals surface area contributed by atoms with Gasteiger partial charge in [0.15, 0.2) is 0 Å². The first-order chi connectivity index (χ1) is 17.0. The van der Waals surface area contributed by atoms with Crippen LogP contribution in [0.15, 0.2) is 0 Å². The van der Waals surface area contributed by atoms with Crippen molar-refractivity contribution < 1.29 is 48.5 Å². The van der Waals surface area contributed by atoms with E-state index in [2.05, 4.69) is 26.7 Å². The lowest BCUT2D eigenvalue weighted by molar-refractivity contribution is -0.144. The van der Waals surface area contributed by atoms with Crippen LogP contribution in [-0.2, 0) is 33.4 Å². The van der Waals surface area contributed by atoms with Crippen molar-refractivity contribution in [3.63, 3.8) is 0 Å². The minimum absolute atomic E-state index is 0.0185. The molecule has 1 aliphatic rings. The number of hydrazine groups is 1. The molecule has 16 heteroatoms. The third-order valence-corrected chi connectivity index (χ3v) is 4.74. The van der Waals surface area contributed by atoms with Crippen molar-refractivity contribution in [2.45, 2.75) is 44.5 Å². The molecule has 1 rings (SSSR count). The minimum Gasteiger partial charge on any atom is -0.394 e. The largest absolute Gasteiger partial charge is 0.394 e. The second kappa shape index (κ2) is 15.6. The second-order valence-electron chi connectivity index (χ2n) is 7.93. The highest BCUT2D eigenvalue weighted by molar-refractivity contribution is 5.95. The van der Waals surface area contributed by atoms with Gasteiger partial charge in [-0.2, -0.15) is 0 Å². The number of carbonyl (C=O) groups excluding carboxylic acids is 6. The van der Waals surface area contributed by atoms with Gasteiger partial charge in [-0.25, -0.2) is 4.79 Å². The van der Waals surface area contributed by atoms with E-state index < -0.39 is 79.3 Å². The number of nitrogens with one attached hydrogen (secondary N) is 5. The molecule has 1 aliphatic heterocycles. The Bertz CT molecular complexity index is 808. The van der Waals surface area contributed by atoms with Crippen molar-refractivity contribution in [3.05, 3.63) is 0 Å². The first-order valence-corrected chi connectivity index (χ1v) is 11.1. The molecule has 0 aromatic rings. The van der Waals surface area contributed by atoms with Crippen LogP contribution in [0.5, 0.6) is 0 Å². The number of amides is 6. The Labute approximate surface area is 207 Å². The number of hydrogen-bond donors (Lipinski definition) is 7. The fourth-order valence-corrected chi connectivity index (χ4v) is 2.94. The average Bonchev–Trinajstić information content (AvgIpc) is 2.80. The summed E-state index contributed by atoms with van der Waals surface area (Å²) in [6.07, 6.45) is -1.77. The maximum absolute atomic E-state index is 12.7. The Morgan fingerprint density at radius 1 is 1.03 bits per heavy atom. The summed E-state index contributed by atoms with van der Waals surface area (Å²) in [5.74, 6) is -3.78. The minimum atomic E-state index is -1.46. The Morgan fingerprint density at radius 2 is 1.69 bits per heavy atom. The van der Waals surface area contributed by atoms with Gasteiger partial charge in [-0.1, -0.05) is 0 Å². The van der Waals surface area contributed by atoms with Crippen LogP contribution in [0.1, 0.15) is 20.3 Å². The topological polar surface area (TPSA) is 225 Å². The molecule has 1 saturated heterocycles. The fraction of sp³-hybridized carbons (Fsp3) is 0.700. The molecule has 1 heterocycles. The van der Waals surface area contributed by atoms with E-state index in [1.807, 2.05) is 0 Å². The molecule has 1 unspecified atom stereocenters. The van der Waals surface area contributed by atoms with Crippen LogP contribution in [0, 0.1) is 0 Å². The normalized spacial score (nSPS) is 25.3. The number of aliphatic hydroxyl groups excluding tert-OH is 2. The molecule has 204 valence electrons. The number of carbonyl (C=O) groups is 6. The SMILES string of the molecule is CC(=O)C[C@@H]1NC(=O)N[C@@H](C(C)O)C(=O)NCCOCCOCC(=O)N[C@@H](CO)C(=O)N(C)NC1=O. The van der Waals surface area contributed by atoms with Crippen molar-refractivity contribution in [1.82, 2.24) is 31.7 Å².